The van der Waals surface area contributed by atoms with Crippen molar-refractivity contribution in [1.29, 1.82) is 0 Å². The minimum absolute atomic E-state index is 0.109. The van der Waals surface area contributed by atoms with Crippen molar-refractivity contribution in [3.05, 3.63) is 36.0 Å². The zero-order valence-electron chi connectivity index (χ0n) is 8.94. The van der Waals surface area contributed by atoms with Crippen LogP contribution in [0.2, 0.25) is 0 Å². The average molecular weight is 291 g/mol. The van der Waals surface area contributed by atoms with Gasteiger partial charge in [-0.05, 0) is 29.5 Å². The highest BCUT2D eigenvalue weighted by Crippen LogP contribution is 2.36. The Kier molecular flexibility index (Phi) is 4.18. The topological polar surface area (TPSA) is 41.6 Å². The van der Waals surface area contributed by atoms with Crippen LogP contribution < -0.4 is 0 Å². The number of thioether (sulfide) groups is 2. The minimum Gasteiger partial charge on any atom is -0.197 e. The molecular formula is C10H8F3N3S2. The molecule has 3 nitrogen and oxygen atoms in total. The number of aromatic amines is 1. The molecule has 0 aliphatic carbocycles. The summed E-state index contributed by atoms with van der Waals surface area (Å²) in [5.41, 5.74) is -3.30. The zero-order chi connectivity index (χ0) is 13.0. The molecule has 2 aromatic rings. The summed E-state index contributed by atoms with van der Waals surface area (Å²) in [6.45, 7) is 0. The summed E-state index contributed by atoms with van der Waals surface area (Å²) in [4.78, 5) is 0.192. The second kappa shape index (κ2) is 5.66. The SMILES string of the molecule is FC(F)(F)Sc1ccc(CSc2cn[nH]n2)cc1. The van der Waals surface area contributed by atoms with Crippen molar-refractivity contribution in [3.8, 4) is 0 Å². The van der Waals surface area contributed by atoms with Gasteiger partial charge < -0.3 is 0 Å². The number of hydrogen-bond acceptors (Lipinski definition) is 4. The fraction of sp³-hybridized carbons (Fsp3) is 0.200. The van der Waals surface area contributed by atoms with Gasteiger partial charge in [-0.3, -0.25) is 0 Å². The highest BCUT2D eigenvalue weighted by molar-refractivity contribution is 8.00. The van der Waals surface area contributed by atoms with E-state index in [1.165, 1.54) is 23.9 Å². The van der Waals surface area contributed by atoms with Crippen LogP contribution in [-0.4, -0.2) is 20.9 Å². The number of alkyl halides is 3. The van der Waals surface area contributed by atoms with E-state index < -0.39 is 5.51 Å². The lowest BCUT2D eigenvalue weighted by Gasteiger charge is -2.06. The number of hydrogen-bond donors (Lipinski definition) is 1. The molecule has 2 rings (SSSR count). The molecule has 1 heterocycles. The molecule has 8 heteroatoms. The van der Waals surface area contributed by atoms with Crippen LogP contribution in [0.25, 0.3) is 0 Å². The van der Waals surface area contributed by atoms with Gasteiger partial charge >= 0.3 is 5.51 Å². The molecule has 96 valence electrons. The molecule has 1 aromatic carbocycles. The van der Waals surface area contributed by atoms with Crippen molar-refractivity contribution in [2.45, 2.75) is 21.2 Å². The summed E-state index contributed by atoms with van der Waals surface area (Å²) >= 11 is 1.36. The summed E-state index contributed by atoms with van der Waals surface area (Å²) in [5.74, 6) is 0.642. The van der Waals surface area contributed by atoms with Crippen LogP contribution in [-0.2, 0) is 5.75 Å². The molecule has 0 aliphatic heterocycles. The maximum Gasteiger partial charge on any atom is 0.446 e. The Morgan fingerprint density at radius 3 is 2.44 bits per heavy atom. The van der Waals surface area contributed by atoms with Gasteiger partial charge in [-0.1, -0.05) is 23.9 Å². The molecular weight excluding hydrogens is 283 g/mol. The van der Waals surface area contributed by atoms with E-state index in [0.717, 1.165) is 10.6 Å². The molecule has 0 amide bonds. The van der Waals surface area contributed by atoms with E-state index >= 15 is 0 Å². The number of nitrogens with one attached hydrogen (secondary N) is 1. The summed E-state index contributed by atoms with van der Waals surface area (Å²) in [6.07, 6.45) is 1.60. The lowest BCUT2D eigenvalue weighted by Crippen LogP contribution is -1.98. The fourth-order valence-electron chi connectivity index (χ4n) is 1.21. The molecule has 0 unspecified atom stereocenters. The Morgan fingerprint density at radius 1 is 1.17 bits per heavy atom. The van der Waals surface area contributed by atoms with Crippen LogP contribution >= 0.6 is 23.5 Å². The maximum absolute atomic E-state index is 12.1. The molecule has 0 atom stereocenters. The van der Waals surface area contributed by atoms with Crippen LogP contribution in [0, 0.1) is 0 Å². The monoisotopic (exact) mass is 291 g/mol. The Hall–Kier alpha value is -1.15. The predicted octanol–water partition coefficient (Wildman–Crippen LogP) is 3.71. The van der Waals surface area contributed by atoms with Crippen LogP contribution in [0.4, 0.5) is 13.2 Å². The van der Waals surface area contributed by atoms with E-state index in [1.807, 2.05) is 0 Å². The average Bonchev–Trinajstić information content (AvgIpc) is 2.79. The standard InChI is InChI=1S/C10H8F3N3S2/c11-10(12,13)18-8-3-1-7(2-4-8)6-17-9-5-14-16-15-9/h1-5H,6H2,(H,14,15,16). The van der Waals surface area contributed by atoms with Gasteiger partial charge in [0.25, 0.3) is 0 Å². The first-order valence-electron chi connectivity index (χ1n) is 4.86. The number of halogens is 3. The highest BCUT2D eigenvalue weighted by Gasteiger charge is 2.28. The van der Waals surface area contributed by atoms with Gasteiger partial charge in [0.15, 0.2) is 0 Å². The van der Waals surface area contributed by atoms with Crippen molar-refractivity contribution in [1.82, 2.24) is 15.4 Å². The van der Waals surface area contributed by atoms with Crippen LogP contribution in [0.15, 0.2) is 40.4 Å². The van der Waals surface area contributed by atoms with E-state index in [0.29, 0.717) is 5.75 Å². The Balaban J connectivity index is 1.91. The van der Waals surface area contributed by atoms with Gasteiger partial charge in [0.2, 0.25) is 0 Å². The summed E-state index contributed by atoms with van der Waals surface area (Å²) < 4.78 is 36.3. The van der Waals surface area contributed by atoms with Gasteiger partial charge in [-0.2, -0.15) is 23.5 Å². The van der Waals surface area contributed by atoms with Crippen LogP contribution in [0.1, 0.15) is 5.56 Å². The van der Waals surface area contributed by atoms with Crippen LogP contribution in [0.5, 0.6) is 0 Å². The normalized spacial score (nSPS) is 11.7. The first kappa shape index (κ1) is 13.3. The molecule has 0 spiro atoms. The Bertz CT molecular complexity index is 482. The lowest BCUT2D eigenvalue weighted by atomic mass is 10.2. The van der Waals surface area contributed by atoms with Gasteiger partial charge in [0.1, 0.15) is 5.03 Å². The quantitative estimate of drug-likeness (QED) is 0.872. The van der Waals surface area contributed by atoms with Crippen LogP contribution in [0.3, 0.4) is 0 Å². The first-order chi connectivity index (χ1) is 8.53. The largest absolute Gasteiger partial charge is 0.446 e. The van der Waals surface area contributed by atoms with E-state index in [1.54, 1.807) is 18.3 Å². The van der Waals surface area contributed by atoms with Gasteiger partial charge in [0, 0.05) is 10.6 Å². The number of rotatable bonds is 4. The summed E-state index contributed by atoms with van der Waals surface area (Å²) in [7, 11) is 0. The van der Waals surface area contributed by atoms with E-state index in [4.69, 9.17) is 0 Å². The Morgan fingerprint density at radius 2 is 1.89 bits per heavy atom. The first-order valence-corrected chi connectivity index (χ1v) is 6.66. The lowest BCUT2D eigenvalue weighted by molar-refractivity contribution is -0.0328. The second-order valence-electron chi connectivity index (χ2n) is 3.29. The predicted molar refractivity (Wildman–Crippen MR) is 64.3 cm³/mol. The molecule has 0 saturated heterocycles. The zero-order valence-corrected chi connectivity index (χ0v) is 10.6. The second-order valence-corrected chi connectivity index (χ2v) is 5.42. The van der Waals surface area contributed by atoms with Crippen molar-refractivity contribution in [2.24, 2.45) is 0 Å². The van der Waals surface area contributed by atoms with Crippen molar-refractivity contribution >= 4 is 23.5 Å². The van der Waals surface area contributed by atoms with Crippen molar-refractivity contribution < 1.29 is 13.2 Å². The molecule has 0 bridgehead atoms. The van der Waals surface area contributed by atoms with E-state index in [9.17, 15) is 13.2 Å². The number of H-pyrrole nitrogens is 1. The van der Waals surface area contributed by atoms with E-state index in [-0.39, 0.29) is 16.7 Å². The maximum atomic E-state index is 12.1. The third kappa shape index (κ3) is 4.26. The molecule has 0 aliphatic rings. The molecule has 1 N–H and O–H groups in total. The van der Waals surface area contributed by atoms with Gasteiger partial charge in [0.05, 0.1) is 6.20 Å². The van der Waals surface area contributed by atoms with Gasteiger partial charge in [-0.25, -0.2) is 0 Å². The minimum atomic E-state index is -4.24. The number of benzene rings is 1. The summed E-state index contributed by atoms with van der Waals surface area (Å²) in [6, 6.07) is 6.30. The molecule has 0 fully saturated rings. The summed E-state index contributed by atoms with van der Waals surface area (Å²) in [5, 5.41) is 10.8. The Labute approximate surface area is 110 Å². The number of aromatic nitrogens is 3. The smallest absolute Gasteiger partial charge is 0.197 e. The molecule has 0 radical (unpaired) electrons. The molecule has 0 saturated carbocycles. The van der Waals surface area contributed by atoms with Gasteiger partial charge in [-0.15, -0.1) is 5.10 Å². The molecule has 1 aromatic heterocycles. The third-order valence-electron chi connectivity index (χ3n) is 1.94. The fourth-order valence-corrected chi connectivity index (χ4v) is 2.48. The van der Waals surface area contributed by atoms with Crippen molar-refractivity contribution in [2.75, 3.05) is 0 Å². The third-order valence-corrected chi connectivity index (χ3v) is 3.65. The van der Waals surface area contributed by atoms with E-state index in [2.05, 4.69) is 15.4 Å². The van der Waals surface area contributed by atoms with Crippen molar-refractivity contribution in [3.63, 3.8) is 0 Å². The number of nitrogens with zero attached hydrogens (tertiary/aromatic N) is 2. The molecule has 18 heavy (non-hydrogen) atoms. The highest BCUT2D eigenvalue weighted by atomic mass is 32.2.